The lowest BCUT2D eigenvalue weighted by Gasteiger charge is -2.46. The van der Waals surface area contributed by atoms with E-state index in [0.29, 0.717) is 19.4 Å². The fraction of sp³-hybridized carbons (Fsp3) is 0.474. The fourth-order valence-corrected chi connectivity index (χ4v) is 8.18. The van der Waals surface area contributed by atoms with Crippen molar-refractivity contribution in [2.24, 2.45) is 29.1 Å². The molecule has 2 unspecified atom stereocenters. The van der Waals surface area contributed by atoms with Gasteiger partial charge in [-0.15, -0.1) is 0 Å². The molecule has 0 aromatic heterocycles. The van der Waals surface area contributed by atoms with E-state index in [0.717, 1.165) is 11.1 Å². The van der Waals surface area contributed by atoms with Crippen LogP contribution in [0.2, 0.25) is 0 Å². The number of carbonyl (C=O) groups is 4. The highest BCUT2D eigenvalue weighted by Crippen LogP contribution is 2.65. The number of fused-ring (bicyclic) bond motifs is 2. The summed E-state index contributed by atoms with van der Waals surface area (Å²) >= 11 is 0. The molecule has 1 spiro atoms. The summed E-state index contributed by atoms with van der Waals surface area (Å²) < 4.78 is 6.40. The Balaban J connectivity index is 1.39. The van der Waals surface area contributed by atoms with Crippen LogP contribution in [0.1, 0.15) is 45.2 Å². The topological polar surface area (TPSA) is 129 Å². The Bertz CT molecular complexity index is 1560. The van der Waals surface area contributed by atoms with Gasteiger partial charge in [-0.05, 0) is 42.7 Å². The third kappa shape index (κ3) is 6.02. The lowest BCUT2D eigenvalue weighted by atomic mass is 9.52. The zero-order chi connectivity index (χ0) is 33.3. The number of nitrogens with one attached hydrogen (secondary N) is 4. The van der Waals surface area contributed by atoms with Gasteiger partial charge in [0, 0.05) is 30.8 Å². The number of benzene rings is 2. The van der Waals surface area contributed by atoms with Crippen LogP contribution < -0.4 is 21.3 Å². The molecule has 1 aliphatic carbocycles. The third-order valence-electron chi connectivity index (χ3n) is 10.8. The number of carbonyl (C=O) groups excluding carboxylic acids is 4. The second-order valence-electron chi connectivity index (χ2n) is 14.0. The van der Waals surface area contributed by atoms with Crippen LogP contribution in [0.25, 0.3) is 0 Å². The molecule has 2 aromatic carbocycles. The molecule has 3 fully saturated rings. The summed E-state index contributed by atoms with van der Waals surface area (Å²) in [5, 5.41) is 12.1. The first-order chi connectivity index (χ1) is 22.6. The van der Waals surface area contributed by atoms with E-state index in [2.05, 4.69) is 35.1 Å². The van der Waals surface area contributed by atoms with Gasteiger partial charge in [-0.25, -0.2) is 0 Å². The molecule has 4 amide bonds. The van der Waals surface area contributed by atoms with Crippen molar-refractivity contribution in [3.63, 3.8) is 0 Å². The van der Waals surface area contributed by atoms with Crippen molar-refractivity contribution in [1.82, 2.24) is 21.3 Å². The van der Waals surface area contributed by atoms with Gasteiger partial charge in [0.25, 0.3) is 0 Å². The summed E-state index contributed by atoms with van der Waals surface area (Å²) in [5.74, 6) is -2.96. The van der Waals surface area contributed by atoms with Gasteiger partial charge < -0.3 is 26.0 Å². The van der Waals surface area contributed by atoms with E-state index in [1.54, 1.807) is 0 Å². The highest BCUT2D eigenvalue weighted by atomic mass is 16.6. The third-order valence-corrected chi connectivity index (χ3v) is 10.8. The highest BCUT2D eigenvalue weighted by Gasteiger charge is 2.78. The van der Waals surface area contributed by atoms with Gasteiger partial charge in [0.05, 0.1) is 11.7 Å². The van der Waals surface area contributed by atoms with Crippen LogP contribution in [0, 0.1) is 29.1 Å². The number of epoxide rings is 1. The van der Waals surface area contributed by atoms with E-state index in [9.17, 15) is 19.2 Å². The van der Waals surface area contributed by atoms with Crippen LogP contribution in [0.5, 0.6) is 0 Å². The van der Waals surface area contributed by atoms with Crippen LogP contribution in [0.15, 0.2) is 85.0 Å². The van der Waals surface area contributed by atoms with Crippen LogP contribution in [-0.4, -0.2) is 60.0 Å². The molecule has 9 heteroatoms. The first-order valence-electron chi connectivity index (χ1n) is 16.8. The molecule has 4 aliphatic rings. The molecular formula is C38H46N4O5. The smallest absolute Gasteiger partial charge is 0.243 e. The SMILES string of the molecule is CC(C)[C@H]1NC(=O)[C@@]23C(=O)N[C@@H](Cc4ccccc4)C2[C@H](C)[C@@]2(C)O[C@H]2C3/C=C/C/C=C\CNC(=O)[C@H](Cc2ccccc2)NC1=O. The minimum Gasteiger partial charge on any atom is -0.365 e. The van der Waals surface area contributed by atoms with Crippen molar-refractivity contribution in [1.29, 1.82) is 0 Å². The summed E-state index contributed by atoms with van der Waals surface area (Å²) in [6.07, 6.45) is 8.85. The predicted octanol–water partition coefficient (Wildman–Crippen LogP) is 3.25. The molecule has 47 heavy (non-hydrogen) atoms. The van der Waals surface area contributed by atoms with Crippen LogP contribution in [-0.2, 0) is 36.8 Å². The fourth-order valence-electron chi connectivity index (χ4n) is 8.18. The molecule has 9 atom stereocenters. The summed E-state index contributed by atoms with van der Waals surface area (Å²) in [5.41, 5.74) is -0.0107. The number of allylic oxidation sites excluding steroid dienone is 2. The zero-order valence-corrected chi connectivity index (χ0v) is 27.6. The van der Waals surface area contributed by atoms with Crippen molar-refractivity contribution in [3.05, 3.63) is 96.1 Å². The molecule has 0 bridgehead atoms. The van der Waals surface area contributed by atoms with Gasteiger partial charge in [0.15, 0.2) is 0 Å². The summed E-state index contributed by atoms with van der Waals surface area (Å²) in [6, 6.07) is 17.3. The molecule has 0 radical (unpaired) electrons. The Labute approximate surface area is 277 Å². The normalized spacial score (nSPS) is 36.9. The second kappa shape index (κ2) is 13.1. The minimum atomic E-state index is -1.49. The van der Waals surface area contributed by atoms with Gasteiger partial charge in [0.2, 0.25) is 23.6 Å². The van der Waals surface area contributed by atoms with Crippen molar-refractivity contribution < 1.29 is 23.9 Å². The van der Waals surface area contributed by atoms with Gasteiger partial charge in [-0.2, -0.15) is 0 Å². The first kappa shape index (κ1) is 32.7. The van der Waals surface area contributed by atoms with Gasteiger partial charge >= 0.3 is 0 Å². The number of rotatable bonds is 5. The minimum absolute atomic E-state index is 0.119. The molecule has 2 aromatic rings. The Hall–Kier alpha value is -4.24. The van der Waals surface area contributed by atoms with E-state index < -0.39 is 46.7 Å². The van der Waals surface area contributed by atoms with E-state index >= 15 is 0 Å². The summed E-state index contributed by atoms with van der Waals surface area (Å²) in [7, 11) is 0. The summed E-state index contributed by atoms with van der Waals surface area (Å²) in [4.78, 5) is 56.7. The molecular weight excluding hydrogens is 592 g/mol. The Morgan fingerprint density at radius 2 is 1.45 bits per heavy atom. The van der Waals surface area contributed by atoms with E-state index in [4.69, 9.17) is 4.74 Å². The molecule has 9 nitrogen and oxygen atoms in total. The first-order valence-corrected chi connectivity index (χ1v) is 16.8. The number of amides is 4. The quantitative estimate of drug-likeness (QED) is 0.227. The maximum Gasteiger partial charge on any atom is 0.243 e. The molecule has 4 N–H and O–H groups in total. The van der Waals surface area contributed by atoms with Crippen molar-refractivity contribution in [3.8, 4) is 0 Å². The molecule has 1 saturated carbocycles. The van der Waals surface area contributed by atoms with Crippen LogP contribution in [0.3, 0.4) is 0 Å². The predicted molar refractivity (Wildman–Crippen MR) is 179 cm³/mol. The molecule has 3 aliphatic heterocycles. The van der Waals surface area contributed by atoms with E-state index in [1.807, 2.05) is 98.8 Å². The number of hydrogen-bond donors (Lipinski definition) is 4. The van der Waals surface area contributed by atoms with Crippen LogP contribution >= 0.6 is 0 Å². The summed E-state index contributed by atoms with van der Waals surface area (Å²) in [6.45, 7) is 8.17. The molecule has 248 valence electrons. The number of hydrogen-bond acceptors (Lipinski definition) is 5. The lowest BCUT2D eigenvalue weighted by Crippen LogP contribution is -2.64. The van der Waals surface area contributed by atoms with Gasteiger partial charge in [-0.1, -0.05) is 106 Å². The lowest BCUT2D eigenvalue weighted by molar-refractivity contribution is -0.152. The Morgan fingerprint density at radius 3 is 2.11 bits per heavy atom. The maximum atomic E-state index is 14.9. The largest absolute Gasteiger partial charge is 0.365 e. The van der Waals surface area contributed by atoms with E-state index in [1.165, 1.54) is 0 Å². The maximum absolute atomic E-state index is 14.9. The standard InChI is InChI=1S/C38H46N4O5/c1-23(2)31-34(44)40-29(22-26-17-11-8-12-18-26)33(43)39-20-14-6-5-13-19-27-32-37(4,47-32)24(3)30-28(21-25-15-9-7-10-16-25)41-35(45)38(27,30)36(46)42-31/h6-19,23-24,27-32H,5,20-22H2,1-4H3,(H,39,43)(H,40,44)(H,41,45)(H,42,46)/b14-6-,19-13+/t24-,27?,28-,29-,30?,31+,32-,37+,38+/m0/s1. The van der Waals surface area contributed by atoms with E-state index in [-0.39, 0.29) is 42.2 Å². The second-order valence-corrected chi connectivity index (χ2v) is 14.0. The average Bonchev–Trinajstić information content (AvgIpc) is 3.67. The van der Waals surface area contributed by atoms with Crippen molar-refractivity contribution in [2.75, 3.05) is 6.54 Å². The van der Waals surface area contributed by atoms with Gasteiger partial charge in [-0.3, -0.25) is 19.2 Å². The highest BCUT2D eigenvalue weighted by molar-refractivity contribution is 6.09. The van der Waals surface area contributed by atoms with Gasteiger partial charge in [0.1, 0.15) is 17.5 Å². The van der Waals surface area contributed by atoms with Crippen LogP contribution in [0.4, 0.5) is 0 Å². The van der Waals surface area contributed by atoms with Crippen molar-refractivity contribution >= 4 is 23.6 Å². The number of ether oxygens (including phenoxy) is 1. The Kier molecular flexibility index (Phi) is 9.12. The monoisotopic (exact) mass is 638 g/mol. The zero-order valence-electron chi connectivity index (χ0n) is 27.6. The molecule has 6 rings (SSSR count). The Morgan fingerprint density at radius 1 is 0.809 bits per heavy atom. The molecule has 2 saturated heterocycles. The average molecular weight is 639 g/mol. The van der Waals surface area contributed by atoms with Crippen molar-refractivity contribution in [2.45, 2.75) is 76.8 Å². The molecule has 3 heterocycles.